The van der Waals surface area contributed by atoms with E-state index >= 15 is 4.39 Å². The molecule has 0 bridgehead atoms. The van der Waals surface area contributed by atoms with E-state index in [1.807, 2.05) is 6.07 Å². The molecule has 3 N–H and O–H groups in total. The van der Waals surface area contributed by atoms with Crippen LogP contribution in [-0.2, 0) is 16.1 Å². The molecule has 0 saturated heterocycles. The summed E-state index contributed by atoms with van der Waals surface area (Å²) in [4.78, 5) is 20.7. The summed E-state index contributed by atoms with van der Waals surface area (Å²) in [6.45, 7) is 2.92. The van der Waals surface area contributed by atoms with Crippen LogP contribution in [0.4, 0.5) is 21.0 Å². The Balaban J connectivity index is 1.42. The Morgan fingerprint density at radius 1 is 1.34 bits per heavy atom. The second-order valence-corrected chi connectivity index (χ2v) is 8.51. The molecule has 1 amide bonds. The van der Waals surface area contributed by atoms with Gasteiger partial charge in [0.15, 0.2) is 5.82 Å². The summed E-state index contributed by atoms with van der Waals surface area (Å²) in [6, 6.07) is 5.30. The number of aromatic nitrogens is 5. The fourth-order valence-electron chi connectivity index (χ4n) is 4.22. The highest BCUT2D eigenvalue weighted by atomic mass is 19.1. The first-order valence-electron chi connectivity index (χ1n) is 11.7. The molecule has 186 valence electrons. The van der Waals surface area contributed by atoms with Crippen LogP contribution in [0.1, 0.15) is 62.0 Å². The molecule has 11 nitrogen and oxygen atoms in total. The van der Waals surface area contributed by atoms with E-state index in [1.54, 1.807) is 29.8 Å². The minimum absolute atomic E-state index is 0.193. The lowest BCUT2D eigenvalue weighted by atomic mass is 10.0. The van der Waals surface area contributed by atoms with Crippen molar-refractivity contribution in [1.29, 1.82) is 5.26 Å². The smallest absolute Gasteiger partial charge is 0.407 e. The number of carbonyl (C=O) groups excluding carboxylic acids is 1. The molecule has 0 aliphatic heterocycles. The maximum atomic E-state index is 15.1. The fraction of sp³-hybridized carbons (Fsp3) is 0.522. The predicted molar refractivity (Wildman–Crippen MR) is 125 cm³/mol. The van der Waals surface area contributed by atoms with Crippen molar-refractivity contribution < 1.29 is 18.7 Å². The van der Waals surface area contributed by atoms with Crippen LogP contribution in [-0.4, -0.2) is 56.6 Å². The first-order valence-corrected chi connectivity index (χ1v) is 11.7. The number of amides is 1. The van der Waals surface area contributed by atoms with E-state index in [1.165, 1.54) is 0 Å². The number of unbranched alkanes of at least 4 members (excludes halogenated alkanes) is 2. The SMILES string of the molecule is CCCCCNC(=O)O[C@@H]1CC[C@H](c2cc(Nc3nc(C#N)cc4nc(COC)cn34)n[nH]2)[C@H]1F. The van der Waals surface area contributed by atoms with Gasteiger partial charge in [-0.3, -0.25) is 9.50 Å². The van der Waals surface area contributed by atoms with Gasteiger partial charge in [0.2, 0.25) is 5.95 Å². The van der Waals surface area contributed by atoms with Crippen LogP contribution in [0.15, 0.2) is 18.3 Å². The number of anilines is 2. The largest absolute Gasteiger partial charge is 0.443 e. The number of methoxy groups -OCH3 is 1. The van der Waals surface area contributed by atoms with Gasteiger partial charge in [-0.2, -0.15) is 10.4 Å². The summed E-state index contributed by atoms with van der Waals surface area (Å²) >= 11 is 0. The number of ether oxygens (including phenoxy) is 2. The van der Waals surface area contributed by atoms with Crippen molar-refractivity contribution in [2.24, 2.45) is 0 Å². The predicted octanol–water partition coefficient (Wildman–Crippen LogP) is 3.71. The van der Waals surface area contributed by atoms with Gasteiger partial charge in [0, 0.05) is 43.6 Å². The summed E-state index contributed by atoms with van der Waals surface area (Å²) < 4.78 is 27.3. The van der Waals surface area contributed by atoms with Crippen LogP contribution in [0.3, 0.4) is 0 Å². The average molecular weight is 485 g/mol. The summed E-state index contributed by atoms with van der Waals surface area (Å²) in [5, 5.41) is 22.2. The van der Waals surface area contributed by atoms with Crippen molar-refractivity contribution in [3.05, 3.63) is 35.4 Å². The normalized spacial score (nSPS) is 19.5. The van der Waals surface area contributed by atoms with Crippen molar-refractivity contribution in [2.45, 2.75) is 63.8 Å². The number of nitrogens with one attached hydrogen (secondary N) is 3. The molecule has 35 heavy (non-hydrogen) atoms. The molecule has 3 heterocycles. The molecule has 1 saturated carbocycles. The molecule has 1 fully saturated rings. The zero-order valence-corrected chi connectivity index (χ0v) is 19.8. The molecule has 3 atom stereocenters. The van der Waals surface area contributed by atoms with E-state index in [-0.39, 0.29) is 5.69 Å². The standard InChI is InChI=1S/C23H29FN8O3/c1-3-4-5-8-26-23(33)35-18-7-6-16(21(18)24)17-10-19(31-30-17)29-22-28-14(11-25)9-20-27-15(13-34-2)12-32(20)22/h9-10,12,16,18,21H,3-8,13H2,1-2H3,(H,26,33)(H2,28,29,30,31)/t16-,18-,21-/m1/s1. The number of carbonyl (C=O) groups is 1. The number of aromatic amines is 1. The molecule has 1 aliphatic carbocycles. The first-order chi connectivity index (χ1) is 17.0. The van der Waals surface area contributed by atoms with E-state index in [0.29, 0.717) is 54.8 Å². The number of fused-ring (bicyclic) bond motifs is 1. The number of nitriles is 1. The minimum Gasteiger partial charge on any atom is -0.443 e. The minimum atomic E-state index is -1.35. The Labute approximate surface area is 202 Å². The molecule has 4 rings (SSSR count). The average Bonchev–Trinajstić information content (AvgIpc) is 3.56. The Morgan fingerprint density at radius 3 is 2.97 bits per heavy atom. The summed E-state index contributed by atoms with van der Waals surface area (Å²) in [5.74, 6) is 0.281. The maximum absolute atomic E-state index is 15.1. The van der Waals surface area contributed by atoms with Gasteiger partial charge >= 0.3 is 6.09 Å². The van der Waals surface area contributed by atoms with Crippen molar-refractivity contribution in [1.82, 2.24) is 29.9 Å². The van der Waals surface area contributed by atoms with Gasteiger partial charge < -0.3 is 20.1 Å². The highest BCUT2D eigenvalue weighted by Crippen LogP contribution is 2.38. The molecular weight excluding hydrogens is 455 g/mol. The number of nitrogens with zero attached hydrogens (tertiary/aromatic N) is 5. The van der Waals surface area contributed by atoms with E-state index < -0.39 is 24.3 Å². The van der Waals surface area contributed by atoms with Crippen molar-refractivity contribution >= 4 is 23.5 Å². The summed E-state index contributed by atoms with van der Waals surface area (Å²) in [7, 11) is 1.57. The Kier molecular flexibility index (Phi) is 7.77. The number of hydrogen-bond acceptors (Lipinski definition) is 8. The van der Waals surface area contributed by atoms with Crippen LogP contribution in [0, 0.1) is 11.3 Å². The lowest BCUT2D eigenvalue weighted by molar-refractivity contribution is 0.0568. The molecule has 0 spiro atoms. The molecule has 0 unspecified atom stereocenters. The number of alkyl carbamates (subject to hydrolysis) is 1. The maximum Gasteiger partial charge on any atom is 0.407 e. The molecule has 0 aromatic carbocycles. The molecule has 1 aliphatic rings. The lowest BCUT2D eigenvalue weighted by Crippen LogP contribution is -2.33. The number of rotatable bonds is 10. The van der Waals surface area contributed by atoms with Gasteiger partial charge in [-0.15, -0.1) is 0 Å². The Bertz CT molecular complexity index is 1200. The fourth-order valence-corrected chi connectivity index (χ4v) is 4.22. The number of imidazole rings is 1. The van der Waals surface area contributed by atoms with E-state index in [9.17, 15) is 10.1 Å². The third-order valence-electron chi connectivity index (χ3n) is 5.96. The Hall–Kier alpha value is -3.72. The van der Waals surface area contributed by atoms with Gasteiger partial charge in [-0.25, -0.2) is 19.2 Å². The number of hydrogen-bond donors (Lipinski definition) is 3. The van der Waals surface area contributed by atoms with Gasteiger partial charge in [-0.1, -0.05) is 19.8 Å². The molecular formula is C23H29FN8O3. The van der Waals surface area contributed by atoms with Crippen molar-refractivity contribution in [3.8, 4) is 6.07 Å². The van der Waals surface area contributed by atoms with Gasteiger partial charge in [-0.05, 0) is 19.3 Å². The van der Waals surface area contributed by atoms with Crippen molar-refractivity contribution in [3.63, 3.8) is 0 Å². The second-order valence-electron chi connectivity index (χ2n) is 8.51. The third-order valence-corrected chi connectivity index (χ3v) is 5.96. The van der Waals surface area contributed by atoms with Crippen molar-refractivity contribution in [2.75, 3.05) is 19.0 Å². The summed E-state index contributed by atoms with van der Waals surface area (Å²) in [5.41, 5.74) is 2.00. The zero-order valence-electron chi connectivity index (χ0n) is 19.8. The summed E-state index contributed by atoms with van der Waals surface area (Å²) in [6.07, 6.45) is 2.92. The van der Waals surface area contributed by atoms with Gasteiger partial charge in [0.05, 0.1) is 12.3 Å². The van der Waals surface area contributed by atoms with Crippen LogP contribution < -0.4 is 10.6 Å². The Morgan fingerprint density at radius 2 is 2.20 bits per heavy atom. The van der Waals surface area contributed by atoms with Crippen LogP contribution in [0.25, 0.3) is 5.65 Å². The number of halogens is 1. The molecule has 3 aromatic heterocycles. The number of alkyl halides is 1. The van der Waals surface area contributed by atoms with E-state index in [4.69, 9.17) is 9.47 Å². The monoisotopic (exact) mass is 484 g/mol. The molecule has 0 radical (unpaired) electrons. The lowest BCUT2D eigenvalue weighted by Gasteiger charge is -2.17. The zero-order chi connectivity index (χ0) is 24.8. The first kappa shape index (κ1) is 24.4. The highest BCUT2D eigenvalue weighted by molar-refractivity contribution is 5.67. The van der Waals surface area contributed by atoms with E-state index in [2.05, 4.69) is 37.7 Å². The number of H-pyrrole nitrogens is 1. The third kappa shape index (κ3) is 5.68. The van der Waals surface area contributed by atoms with E-state index in [0.717, 1.165) is 19.3 Å². The topological polar surface area (TPSA) is 142 Å². The second kappa shape index (κ2) is 11.1. The van der Waals surface area contributed by atoms with Gasteiger partial charge in [0.25, 0.3) is 0 Å². The van der Waals surface area contributed by atoms with Crippen LogP contribution in [0.2, 0.25) is 0 Å². The quantitative estimate of drug-likeness (QED) is 0.370. The molecule has 3 aromatic rings. The van der Waals surface area contributed by atoms with Crippen LogP contribution in [0.5, 0.6) is 0 Å². The molecule has 12 heteroatoms. The van der Waals surface area contributed by atoms with Gasteiger partial charge in [0.1, 0.15) is 29.7 Å². The van der Waals surface area contributed by atoms with Crippen LogP contribution >= 0.6 is 0 Å². The highest BCUT2D eigenvalue weighted by Gasteiger charge is 2.40.